The van der Waals surface area contributed by atoms with Crippen molar-refractivity contribution in [3.63, 3.8) is 0 Å². The van der Waals surface area contributed by atoms with Crippen LogP contribution in [0.4, 0.5) is 0 Å². The fourth-order valence-corrected chi connectivity index (χ4v) is 11.9. The quantitative estimate of drug-likeness (QED) is 0.156. The van der Waals surface area contributed by atoms with E-state index in [1.54, 1.807) is 0 Å². The molecule has 0 atom stereocenters. The molecule has 0 heterocycles. The molecule has 0 saturated heterocycles. The van der Waals surface area contributed by atoms with Crippen molar-refractivity contribution in [1.82, 2.24) is 0 Å². The predicted molar refractivity (Wildman–Crippen MR) is 388 cm³/mol. The Hall–Kier alpha value is -4.16. The van der Waals surface area contributed by atoms with Gasteiger partial charge in [-0.15, -0.1) is 0 Å². The van der Waals surface area contributed by atoms with Gasteiger partial charge in [0.25, 0.3) is 0 Å². The summed E-state index contributed by atoms with van der Waals surface area (Å²) in [5.41, 5.74) is 9.10. The van der Waals surface area contributed by atoms with Crippen LogP contribution in [0.2, 0.25) is 0 Å². The Kier molecular flexibility index (Phi) is 32.3. The van der Waals surface area contributed by atoms with Gasteiger partial charge in [-0.3, -0.25) is 0 Å². The van der Waals surface area contributed by atoms with Crippen molar-refractivity contribution in [2.45, 2.75) is 304 Å². The monoisotopic (exact) mass is 1160 g/mol. The van der Waals surface area contributed by atoms with Crippen molar-refractivity contribution in [2.75, 3.05) is 0 Å². The Labute approximate surface area is 529 Å². The highest BCUT2D eigenvalue weighted by Gasteiger charge is 2.29. The number of rotatable bonds is 6. The normalized spacial score (nSPS) is 15.6. The van der Waals surface area contributed by atoms with Gasteiger partial charge in [0.2, 0.25) is 0 Å². The molecule has 3 fully saturated rings. The Balaban J connectivity index is 0.000000336. The van der Waals surface area contributed by atoms with E-state index < -0.39 is 0 Å². The van der Waals surface area contributed by atoms with Crippen LogP contribution in [0.3, 0.4) is 0 Å². The summed E-state index contributed by atoms with van der Waals surface area (Å²) in [6.07, 6.45) is 24.4. The SMILES string of the molecule is CC(C)(C)C.CC(C)(C)C1CCCC1.CC(C)(C)C1CCCCC1.CC(C)(C)c1cccc2ccccc12.CC(C)(C)c1ccccc1.CCC(C)(C)C1CCCCC1.CCC(C)(C)c1cccc2ccccc12.CCC(C)(C)c1ccccc1. The third kappa shape index (κ3) is 29.6. The second-order valence-electron chi connectivity index (χ2n) is 33.5. The molecule has 3 aliphatic rings. The van der Waals surface area contributed by atoms with Crippen molar-refractivity contribution in [3.8, 4) is 0 Å². The summed E-state index contributed by atoms with van der Waals surface area (Å²) in [5, 5.41) is 5.45. The van der Waals surface area contributed by atoms with Crippen LogP contribution >= 0.6 is 0 Å². The van der Waals surface area contributed by atoms with Crippen molar-refractivity contribution in [1.29, 1.82) is 0 Å². The number of hydrogen-bond acceptors (Lipinski definition) is 0. The molecule has 85 heavy (non-hydrogen) atoms. The number of hydrogen-bond donors (Lipinski definition) is 0. The highest BCUT2D eigenvalue weighted by molar-refractivity contribution is 5.87. The van der Waals surface area contributed by atoms with E-state index in [-0.39, 0.29) is 10.8 Å². The zero-order valence-electron chi connectivity index (χ0n) is 60.6. The van der Waals surface area contributed by atoms with E-state index >= 15 is 0 Å². The molecule has 0 spiro atoms. The minimum absolute atomic E-state index is 0.223. The third-order valence-corrected chi connectivity index (χ3v) is 19.1. The standard InChI is InChI=1S/C15H18.C14H16.C11H22.C11H16.C10H20.C10H14.C9H18.C5H12/c1-4-15(2,3)14-11-7-9-12-8-5-6-10-13(12)14;1-14(2,3)13-10-6-8-11-7-4-5-9-12(11)13;2*1-4-11(2,3)10-8-6-5-7-9-10;2*1-10(2,3)9-7-5-4-6-8-9;1-9(2,3)8-6-4-5-7-8;1-5(2,3)4/h5-11H,4H2,1-3H3;4-10H,1-3H3;10H,4-9H2,1-3H3;5-9H,4H2,1-3H3;9H,4-8H2,1-3H3;4-8H,1-3H3;8H,4-7H2,1-3H3;1-4H3. The lowest BCUT2D eigenvalue weighted by atomic mass is 9.70. The number of fused-ring (bicyclic) bond motifs is 2. The van der Waals surface area contributed by atoms with E-state index in [9.17, 15) is 0 Å². The summed E-state index contributed by atoms with van der Waals surface area (Å²) in [6.45, 7) is 57.3. The second kappa shape index (κ2) is 35.7. The molecule has 0 aromatic heterocycles. The van der Waals surface area contributed by atoms with Crippen LogP contribution in [0, 0.1) is 39.4 Å². The van der Waals surface area contributed by atoms with Gasteiger partial charge in [-0.25, -0.2) is 0 Å². The van der Waals surface area contributed by atoms with Gasteiger partial charge in [0.05, 0.1) is 0 Å². The van der Waals surface area contributed by atoms with Crippen LogP contribution < -0.4 is 0 Å². The largest absolute Gasteiger partial charge is 0.0649 e. The van der Waals surface area contributed by atoms with Crippen molar-refractivity contribution in [3.05, 3.63) is 168 Å². The molecule has 0 heteroatoms. The average molecular weight is 1160 g/mol. The first-order valence-corrected chi connectivity index (χ1v) is 34.5. The number of benzene rings is 6. The first-order chi connectivity index (χ1) is 39.4. The molecular weight excluding hydrogens is 1020 g/mol. The van der Waals surface area contributed by atoms with E-state index in [0.717, 1.165) is 17.8 Å². The highest BCUT2D eigenvalue weighted by Crippen LogP contribution is 2.41. The molecule has 3 saturated carbocycles. The van der Waals surface area contributed by atoms with E-state index in [2.05, 4.69) is 319 Å². The van der Waals surface area contributed by atoms with Crippen LogP contribution in [-0.2, 0) is 21.7 Å². The summed E-state index contributed by atoms with van der Waals surface area (Å²) >= 11 is 0. The maximum atomic E-state index is 2.43. The second-order valence-corrected chi connectivity index (χ2v) is 33.5. The van der Waals surface area contributed by atoms with E-state index in [4.69, 9.17) is 0 Å². The molecule has 9 rings (SSSR count). The fourth-order valence-electron chi connectivity index (χ4n) is 11.9. The molecule has 0 bridgehead atoms. The van der Waals surface area contributed by atoms with Crippen molar-refractivity contribution < 1.29 is 0 Å². The molecule has 0 aliphatic heterocycles. The first kappa shape index (κ1) is 76.9. The Morgan fingerprint density at radius 3 is 0.906 bits per heavy atom. The molecule has 476 valence electrons. The van der Waals surface area contributed by atoms with Crippen LogP contribution in [0.5, 0.6) is 0 Å². The minimum Gasteiger partial charge on any atom is -0.0649 e. The maximum Gasteiger partial charge on any atom is -0.0100 e. The molecule has 0 unspecified atom stereocenters. The molecule has 0 N–H and O–H groups in total. The summed E-state index contributed by atoms with van der Waals surface area (Å²) in [4.78, 5) is 0. The van der Waals surface area contributed by atoms with Gasteiger partial charge < -0.3 is 0 Å². The lowest BCUT2D eigenvalue weighted by molar-refractivity contribution is 0.152. The first-order valence-electron chi connectivity index (χ1n) is 34.5. The van der Waals surface area contributed by atoms with Crippen LogP contribution in [0.1, 0.15) is 305 Å². The zero-order chi connectivity index (χ0) is 64.3. The molecule has 0 radical (unpaired) electrons. The topological polar surface area (TPSA) is 0 Å². The van der Waals surface area contributed by atoms with Gasteiger partial charge >= 0.3 is 0 Å². The lowest BCUT2D eigenvalue weighted by Gasteiger charge is -2.36. The Morgan fingerprint density at radius 1 is 0.282 bits per heavy atom. The molecule has 3 aliphatic carbocycles. The summed E-state index contributed by atoms with van der Waals surface area (Å²) in [7, 11) is 0. The van der Waals surface area contributed by atoms with Gasteiger partial charge in [0.1, 0.15) is 0 Å². The van der Waals surface area contributed by atoms with E-state index in [0.29, 0.717) is 32.5 Å². The van der Waals surface area contributed by atoms with Crippen LogP contribution in [0.25, 0.3) is 21.5 Å². The van der Waals surface area contributed by atoms with E-state index in [1.807, 2.05) is 0 Å². The Bertz CT molecular complexity index is 2640. The van der Waals surface area contributed by atoms with E-state index in [1.165, 1.54) is 153 Å². The Morgan fingerprint density at radius 2 is 0.588 bits per heavy atom. The van der Waals surface area contributed by atoms with Crippen LogP contribution in [0.15, 0.2) is 146 Å². The molecular formula is C85H136. The van der Waals surface area contributed by atoms with Crippen LogP contribution in [-0.4, -0.2) is 0 Å². The molecule has 6 aromatic carbocycles. The smallest absolute Gasteiger partial charge is 0.0100 e. The summed E-state index contributed by atoms with van der Waals surface area (Å²) in [6, 6.07) is 51.6. The van der Waals surface area contributed by atoms with Gasteiger partial charge in [-0.05, 0) is 156 Å². The fraction of sp³-hybridized carbons (Fsp3) is 0.624. The lowest BCUT2D eigenvalue weighted by Crippen LogP contribution is -2.25. The molecule has 6 aromatic rings. The summed E-state index contributed by atoms with van der Waals surface area (Å²) in [5.74, 6) is 3.03. The predicted octanol–water partition coefficient (Wildman–Crippen LogP) is 27.9. The highest BCUT2D eigenvalue weighted by atomic mass is 14.3. The van der Waals surface area contributed by atoms with Gasteiger partial charge in [0, 0.05) is 0 Å². The van der Waals surface area contributed by atoms with Gasteiger partial charge in [-0.1, -0.05) is 376 Å². The molecule has 0 amide bonds. The molecule has 0 nitrogen and oxygen atoms in total. The third-order valence-electron chi connectivity index (χ3n) is 19.1. The van der Waals surface area contributed by atoms with Gasteiger partial charge in [0.15, 0.2) is 0 Å². The summed E-state index contributed by atoms with van der Waals surface area (Å²) < 4.78 is 0. The van der Waals surface area contributed by atoms with Crippen molar-refractivity contribution >= 4 is 21.5 Å². The zero-order valence-corrected chi connectivity index (χ0v) is 60.6. The van der Waals surface area contributed by atoms with Gasteiger partial charge in [-0.2, -0.15) is 0 Å². The maximum absolute atomic E-state index is 2.43. The van der Waals surface area contributed by atoms with Crippen molar-refractivity contribution in [2.24, 2.45) is 39.4 Å². The average Bonchev–Trinajstić information content (AvgIpc) is 4.02. The minimum atomic E-state index is 0.223.